The van der Waals surface area contributed by atoms with Crippen molar-refractivity contribution in [2.24, 2.45) is 0 Å². The largest absolute Gasteiger partial charge is 0.499 e. The smallest absolute Gasteiger partial charge is 0.432 e. The zero-order valence-electron chi connectivity index (χ0n) is 5.62. The van der Waals surface area contributed by atoms with Gasteiger partial charge in [-0.1, -0.05) is 5.79 Å². The average molecular weight is 116 g/mol. The molecule has 0 aromatic heterocycles. The summed E-state index contributed by atoms with van der Waals surface area (Å²) in [6, 6.07) is 0. The van der Waals surface area contributed by atoms with Crippen molar-refractivity contribution >= 4 is 15.6 Å². The van der Waals surface area contributed by atoms with Gasteiger partial charge in [0.1, 0.15) is 0 Å². The van der Waals surface area contributed by atoms with Crippen molar-refractivity contribution in [1.29, 1.82) is 0 Å². The molecule has 0 amide bonds. The van der Waals surface area contributed by atoms with Crippen molar-refractivity contribution in [3.63, 3.8) is 0 Å². The Bertz CT molecular complexity index is 46.5. The Balaban J connectivity index is 3.15. The molecule has 0 aromatic rings. The summed E-state index contributed by atoms with van der Waals surface area (Å²) in [5.41, 5.74) is 0.112. The fraction of sp³-hybridized carbons (Fsp3) is 1.00. The van der Waals surface area contributed by atoms with Crippen LogP contribution in [0.2, 0.25) is 5.79 Å². The van der Waals surface area contributed by atoms with Gasteiger partial charge in [-0.3, -0.25) is 0 Å². The molecule has 0 atom stereocenters. The van der Waals surface area contributed by atoms with E-state index >= 15 is 0 Å². The van der Waals surface area contributed by atoms with Gasteiger partial charge in [0.25, 0.3) is 0 Å². The molecule has 0 bridgehead atoms. The van der Waals surface area contributed by atoms with E-state index in [0.717, 1.165) is 0 Å². The van der Waals surface area contributed by atoms with Crippen LogP contribution in [-0.4, -0.2) is 21.2 Å². The van der Waals surface area contributed by atoms with Crippen LogP contribution in [0, 0.1) is 0 Å². The van der Waals surface area contributed by atoms with E-state index in [2.05, 4.69) is 26.6 Å². The van der Waals surface area contributed by atoms with Gasteiger partial charge in [0.15, 0.2) is 0 Å². The summed E-state index contributed by atoms with van der Waals surface area (Å²) in [7, 11) is 0. The van der Waals surface area contributed by atoms with Gasteiger partial charge in [0.05, 0.1) is 0 Å². The van der Waals surface area contributed by atoms with Gasteiger partial charge in [-0.25, -0.2) is 0 Å². The summed E-state index contributed by atoms with van der Waals surface area (Å²) < 4.78 is 5.37. The van der Waals surface area contributed by atoms with Crippen LogP contribution in [0.15, 0.2) is 0 Å². The Kier molecular flexibility index (Phi) is 2.91. The molecule has 0 spiro atoms. The molecule has 0 rings (SSSR count). The van der Waals surface area contributed by atoms with Crippen molar-refractivity contribution < 1.29 is 3.79 Å². The summed E-state index contributed by atoms with van der Waals surface area (Å²) in [5.74, 6) is 2.14. The highest BCUT2D eigenvalue weighted by molar-refractivity contribution is 6.24. The van der Waals surface area contributed by atoms with E-state index in [1.54, 1.807) is 0 Å². The van der Waals surface area contributed by atoms with Crippen LogP contribution in [0.25, 0.3) is 0 Å². The molecule has 0 aliphatic carbocycles. The Morgan fingerprint density at radius 1 is 1.29 bits per heavy atom. The van der Waals surface area contributed by atoms with Crippen LogP contribution in [0.5, 0.6) is 0 Å². The van der Waals surface area contributed by atoms with Crippen molar-refractivity contribution in [3.8, 4) is 0 Å². The van der Waals surface area contributed by atoms with E-state index in [0.29, 0.717) is 0 Å². The quantitative estimate of drug-likeness (QED) is 0.468. The summed E-state index contributed by atoms with van der Waals surface area (Å²) >= 11 is -0.190. The normalized spacial score (nSPS) is 11.4. The summed E-state index contributed by atoms with van der Waals surface area (Å²) in [6.45, 7) is 6.26. The molecule has 0 aliphatic heterocycles. The van der Waals surface area contributed by atoms with Crippen molar-refractivity contribution in [2.75, 3.05) is 0 Å². The maximum absolute atomic E-state index is 5.37. The van der Waals surface area contributed by atoms with E-state index in [9.17, 15) is 0 Å². The third kappa shape index (κ3) is 6.49. The van der Waals surface area contributed by atoms with Crippen molar-refractivity contribution in [1.82, 2.24) is 0 Å². The lowest BCUT2D eigenvalue weighted by molar-refractivity contribution is 0.140. The van der Waals surface area contributed by atoms with E-state index in [4.69, 9.17) is 3.79 Å². The van der Waals surface area contributed by atoms with E-state index < -0.39 is 0 Å². The van der Waals surface area contributed by atoms with Crippen LogP contribution in [0.3, 0.4) is 0 Å². The predicted molar refractivity (Wildman–Crippen MR) is 33.9 cm³/mol. The van der Waals surface area contributed by atoms with Gasteiger partial charge < -0.3 is 3.79 Å². The van der Waals surface area contributed by atoms with Crippen LogP contribution < -0.4 is 0 Å². The zero-order valence-corrected chi connectivity index (χ0v) is 7.03. The minimum atomic E-state index is -0.190. The maximum Gasteiger partial charge on any atom is 0.432 e. The molecule has 0 N–H and O–H groups in total. The van der Waals surface area contributed by atoms with Crippen LogP contribution >= 0.6 is 0 Å². The molecular formula is C5H13AlO. The first-order valence-electron chi connectivity index (χ1n) is 2.70. The third-order valence-corrected chi connectivity index (χ3v) is 1.73. The Morgan fingerprint density at radius 3 is 1.71 bits per heavy atom. The molecule has 2 heteroatoms. The molecule has 7 heavy (non-hydrogen) atoms. The topological polar surface area (TPSA) is 9.23 Å². The van der Waals surface area contributed by atoms with Gasteiger partial charge >= 0.3 is 15.6 Å². The molecular weight excluding hydrogens is 103 g/mol. The summed E-state index contributed by atoms with van der Waals surface area (Å²) in [6.07, 6.45) is 0. The molecule has 0 fully saturated rings. The van der Waals surface area contributed by atoms with E-state index in [1.807, 2.05) is 0 Å². The molecule has 1 nitrogen and oxygen atoms in total. The predicted octanol–water partition coefficient (Wildman–Crippen LogP) is 1.20. The summed E-state index contributed by atoms with van der Waals surface area (Å²) in [4.78, 5) is 0. The Hall–Kier alpha value is 0.492. The maximum atomic E-state index is 5.37. The molecule has 0 saturated heterocycles. The van der Waals surface area contributed by atoms with Gasteiger partial charge in [0.2, 0.25) is 0 Å². The van der Waals surface area contributed by atoms with Crippen molar-refractivity contribution in [2.45, 2.75) is 32.2 Å². The number of hydrogen-bond acceptors (Lipinski definition) is 1. The molecule has 0 heterocycles. The highest BCUT2D eigenvalue weighted by Crippen LogP contribution is 2.03. The van der Waals surface area contributed by atoms with Gasteiger partial charge in [0, 0.05) is 5.60 Å². The second-order valence-electron chi connectivity index (χ2n) is 2.55. The van der Waals surface area contributed by atoms with Crippen LogP contribution in [0.4, 0.5) is 0 Å². The monoisotopic (exact) mass is 116 g/mol. The average Bonchev–Trinajstić information content (AvgIpc) is 1.30. The molecule has 0 saturated carbocycles. The molecule has 0 aliphatic rings. The molecule has 0 aromatic carbocycles. The van der Waals surface area contributed by atoms with Crippen LogP contribution in [0.1, 0.15) is 20.8 Å². The molecule has 0 radical (unpaired) electrons. The second kappa shape index (κ2) is 2.72. The SMILES string of the molecule is [CH3][AlH][O]C(C)(C)C. The first-order valence-corrected chi connectivity index (χ1v) is 4.69. The van der Waals surface area contributed by atoms with Gasteiger partial charge in [-0.05, 0) is 20.8 Å². The third-order valence-electron chi connectivity index (χ3n) is 0.577. The molecule has 42 valence electrons. The first kappa shape index (κ1) is 7.49. The lowest BCUT2D eigenvalue weighted by Gasteiger charge is -2.19. The highest BCUT2D eigenvalue weighted by Gasteiger charge is 2.06. The minimum Gasteiger partial charge on any atom is -0.499 e. The van der Waals surface area contributed by atoms with Gasteiger partial charge in [-0.15, -0.1) is 0 Å². The standard InChI is InChI=1S/C4H9O.CH3.Al.H/c1-4(2,3)5;;;/h1-3H3;1H3;;/q-1;;+1;. The lowest BCUT2D eigenvalue weighted by Crippen LogP contribution is -2.19. The van der Waals surface area contributed by atoms with Crippen molar-refractivity contribution in [3.05, 3.63) is 0 Å². The fourth-order valence-electron chi connectivity index (χ4n) is 0.433. The van der Waals surface area contributed by atoms with E-state index in [1.165, 1.54) is 0 Å². The zero-order chi connectivity index (χ0) is 5.91. The minimum absolute atomic E-state index is 0.112. The van der Waals surface area contributed by atoms with Gasteiger partial charge in [-0.2, -0.15) is 0 Å². The highest BCUT2D eigenvalue weighted by atomic mass is 27.1. The van der Waals surface area contributed by atoms with E-state index in [-0.39, 0.29) is 21.2 Å². The lowest BCUT2D eigenvalue weighted by atomic mass is 10.2. The first-order chi connectivity index (χ1) is 3.06. The summed E-state index contributed by atoms with van der Waals surface area (Å²) in [5, 5.41) is 0. The Morgan fingerprint density at radius 2 is 1.71 bits per heavy atom. The Labute approximate surface area is 52.1 Å². The van der Waals surface area contributed by atoms with Crippen LogP contribution in [-0.2, 0) is 3.79 Å². The second-order valence-corrected chi connectivity index (χ2v) is 3.41. The number of rotatable bonds is 1. The number of hydrogen-bond donors (Lipinski definition) is 0. The molecule has 0 unspecified atom stereocenters. The fourth-order valence-corrected chi connectivity index (χ4v) is 1.30.